The van der Waals surface area contributed by atoms with Crippen LogP contribution in [0.25, 0.3) is 0 Å². The van der Waals surface area contributed by atoms with Gasteiger partial charge >= 0.3 is 0 Å². The molecule has 1 atom stereocenters. The summed E-state index contributed by atoms with van der Waals surface area (Å²) in [6.45, 7) is 5.02. The van der Waals surface area contributed by atoms with Gasteiger partial charge in [-0.05, 0) is 48.0 Å². The molecule has 0 aliphatic heterocycles. The van der Waals surface area contributed by atoms with Crippen LogP contribution in [-0.2, 0) is 10.0 Å². The number of nitrogens with one attached hydrogen (secondary N) is 2. The van der Waals surface area contributed by atoms with E-state index in [0.29, 0.717) is 5.13 Å². The fourth-order valence-corrected chi connectivity index (χ4v) is 5.67. The van der Waals surface area contributed by atoms with Crippen molar-refractivity contribution < 1.29 is 8.42 Å². The molecule has 0 aromatic carbocycles. The average molecular weight is 410 g/mol. The van der Waals surface area contributed by atoms with Gasteiger partial charge in [-0.25, -0.2) is 13.4 Å². The van der Waals surface area contributed by atoms with E-state index in [1.807, 2.05) is 12.3 Å². The number of anilines is 1. The Bertz CT molecular complexity index is 696. The highest BCUT2D eigenvalue weighted by Gasteiger charge is 2.19. The minimum absolute atomic E-state index is 0.107. The van der Waals surface area contributed by atoms with Gasteiger partial charge in [0, 0.05) is 11.4 Å². The Morgan fingerprint density at radius 2 is 2.19 bits per heavy atom. The molecule has 21 heavy (non-hydrogen) atoms. The number of sulfonamides is 1. The van der Waals surface area contributed by atoms with Crippen molar-refractivity contribution in [2.45, 2.75) is 30.5 Å². The number of hydrogen-bond acceptors (Lipinski definition) is 6. The summed E-state index contributed by atoms with van der Waals surface area (Å²) in [6, 6.07) is 3.38. The minimum Gasteiger partial charge on any atom is -0.309 e. The minimum atomic E-state index is -3.56. The Labute approximate surface area is 141 Å². The third-order valence-corrected chi connectivity index (χ3v) is 7.06. The third kappa shape index (κ3) is 4.49. The van der Waals surface area contributed by atoms with Gasteiger partial charge in [-0.3, -0.25) is 4.72 Å². The van der Waals surface area contributed by atoms with Gasteiger partial charge in [0.15, 0.2) is 5.13 Å². The van der Waals surface area contributed by atoms with Gasteiger partial charge < -0.3 is 5.32 Å². The van der Waals surface area contributed by atoms with Crippen molar-refractivity contribution in [1.29, 1.82) is 0 Å². The van der Waals surface area contributed by atoms with Crippen LogP contribution in [0, 0.1) is 0 Å². The molecule has 2 heterocycles. The summed E-state index contributed by atoms with van der Waals surface area (Å²) < 4.78 is 28.0. The largest absolute Gasteiger partial charge is 0.309 e. The molecule has 0 amide bonds. The standard InChI is InChI=1S/C12H16BrN3O2S3/c1-3-6-14-8(2)9-7-19-12(15-9)16-21(17,18)11-5-4-10(13)20-11/h4-5,7-8,14H,3,6H2,1-2H3,(H,15,16). The number of thiazole rings is 1. The lowest BCUT2D eigenvalue weighted by atomic mass is 10.2. The summed E-state index contributed by atoms with van der Waals surface area (Å²) in [7, 11) is -3.56. The molecule has 0 radical (unpaired) electrons. The molecule has 0 aliphatic carbocycles. The van der Waals surface area contributed by atoms with E-state index >= 15 is 0 Å². The van der Waals surface area contributed by atoms with Crippen molar-refractivity contribution in [2.75, 3.05) is 11.3 Å². The second-order valence-corrected chi connectivity index (χ2v) is 9.65. The average Bonchev–Trinajstić information content (AvgIpc) is 3.05. The summed E-state index contributed by atoms with van der Waals surface area (Å²) in [4.78, 5) is 4.34. The van der Waals surface area contributed by atoms with Crippen molar-refractivity contribution >= 4 is 53.8 Å². The molecule has 0 spiro atoms. The van der Waals surface area contributed by atoms with Crippen molar-refractivity contribution in [2.24, 2.45) is 0 Å². The fraction of sp³-hybridized carbons (Fsp3) is 0.417. The maximum atomic E-state index is 12.2. The SMILES string of the molecule is CCCNC(C)c1csc(NS(=O)(=O)c2ccc(Br)s2)n1. The number of halogens is 1. The van der Waals surface area contributed by atoms with Gasteiger partial charge in [-0.2, -0.15) is 0 Å². The normalized spacial score (nSPS) is 13.3. The monoisotopic (exact) mass is 409 g/mol. The van der Waals surface area contributed by atoms with E-state index in [0.717, 1.165) is 22.4 Å². The van der Waals surface area contributed by atoms with Crippen molar-refractivity contribution in [3.63, 3.8) is 0 Å². The van der Waals surface area contributed by atoms with Crippen LogP contribution in [0.2, 0.25) is 0 Å². The predicted molar refractivity (Wildman–Crippen MR) is 91.7 cm³/mol. The van der Waals surface area contributed by atoms with Gasteiger partial charge in [0.05, 0.1) is 9.48 Å². The van der Waals surface area contributed by atoms with Crippen LogP contribution in [0.1, 0.15) is 32.0 Å². The van der Waals surface area contributed by atoms with E-state index in [9.17, 15) is 8.42 Å². The second-order valence-electron chi connectivity index (χ2n) is 4.42. The molecule has 116 valence electrons. The van der Waals surface area contributed by atoms with E-state index in [-0.39, 0.29) is 10.3 Å². The molecule has 0 bridgehead atoms. The smallest absolute Gasteiger partial charge is 0.273 e. The molecule has 0 saturated heterocycles. The van der Waals surface area contributed by atoms with Crippen molar-refractivity contribution in [3.8, 4) is 0 Å². The predicted octanol–water partition coefficient (Wildman–Crippen LogP) is 3.83. The first-order valence-corrected chi connectivity index (χ1v) is 10.4. The highest BCUT2D eigenvalue weighted by molar-refractivity contribution is 9.11. The van der Waals surface area contributed by atoms with Crippen LogP contribution in [-0.4, -0.2) is 19.9 Å². The number of rotatable bonds is 7. The fourth-order valence-electron chi connectivity index (χ4n) is 1.60. The summed E-state index contributed by atoms with van der Waals surface area (Å²) in [6.07, 6.45) is 1.04. The lowest BCUT2D eigenvalue weighted by molar-refractivity contribution is 0.561. The summed E-state index contributed by atoms with van der Waals surface area (Å²) in [5, 5.41) is 5.58. The summed E-state index contributed by atoms with van der Waals surface area (Å²) >= 11 is 5.72. The van der Waals surface area contributed by atoms with Gasteiger partial charge in [-0.15, -0.1) is 22.7 Å². The first-order valence-electron chi connectivity index (χ1n) is 6.39. The van der Waals surface area contributed by atoms with Crippen LogP contribution in [0.4, 0.5) is 5.13 Å². The Kier molecular flexibility index (Phi) is 5.78. The molecule has 5 nitrogen and oxygen atoms in total. The topological polar surface area (TPSA) is 71.1 Å². The molecule has 0 fully saturated rings. The molecule has 2 aromatic heterocycles. The van der Waals surface area contributed by atoms with Crippen molar-refractivity contribution in [1.82, 2.24) is 10.3 Å². The first kappa shape index (κ1) is 16.9. The third-order valence-electron chi connectivity index (χ3n) is 2.70. The quantitative estimate of drug-likeness (QED) is 0.728. The zero-order valence-electron chi connectivity index (χ0n) is 11.6. The zero-order valence-corrected chi connectivity index (χ0v) is 15.6. The summed E-state index contributed by atoms with van der Waals surface area (Å²) in [5.74, 6) is 0. The van der Waals surface area contributed by atoms with Gasteiger partial charge in [0.2, 0.25) is 0 Å². The lowest BCUT2D eigenvalue weighted by Gasteiger charge is -2.09. The Hall–Kier alpha value is -0.480. The number of thiophene rings is 1. The van der Waals surface area contributed by atoms with Crippen LogP contribution >= 0.6 is 38.6 Å². The van der Waals surface area contributed by atoms with Crippen LogP contribution < -0.4 is 10.0 Å². The number of aromatic nitrogens is 1. The molecule has 9 heteroatoms. The van der Waals surface area contributed by atoms with Gasteiger partial charge in [0.1, 0.15) is 4.21 Å². The van der Waals surface area contributed by atoms with E-state index in [1.54, 1.807) is 12.1 Å². The molecule has 1 unspecified atom stereocenters. The molecule has 0 aliphatic rings. The van der Waals surface area contributed by atoms with Crippen molar-refractivity contribution in [3.05, 3.63) is 27.0 Å². The molecule has 0 saturated carbocycles. The van der Waals surface area contributed by atoms with Crippen LogP contribution in [0.5, 0.6) is 0 Å². The number of hydrogen-bond donors (Lipinski definition) is 2. The molecule has 2 rings (SSSR count). The Morgan fingerprint density at radius 3 is 2.81 bits per heavy atom. The Morgan fingerprint density at radius 1 is 1.43 bits per heavy atom. The number of nitrogens with zero attached hydrogens (tertiary/aromatic N) is 1. The highest BCUT2D eigenvalue weighted by Crippen LogP contribution is 2.29. The molecule has 2 aromatic rings. The molecular formula is C12H16BrN3O2S3. The lowest BCUT2D eigenvalue weighted by Crippen LogP contribution is -2.19. The second kappa shape index (κ2) is 7.19. The zero-order chi connectivity index (χ0) is 15.5. The first-order chi connectivity index (χ1) is 9.92. The maximum Gasteiger partial charge on any atom is 0.273 e. The van der Waals surface area contributed by atoms with Gasteiger partial charge in [-0.1, -0.05) is 6.92 Å². The Balaban J connectivity index is 2.08. The van der Waals surface area contributed by atoms with E-state index in [4.69, 9.17) is 0 Å². The van der Waals surface area contributed by atoms with Gasteiger partial charge in [0.25, 0.3) is 10.0 Å². The van der Waals surface area contributed by atoms with E-state index < -0.39 is 10.0 Å². The molecular weight excluding hydrogens is 394 g/mol. The van der Waals surface area contributed by atoms with Crippen LogP contribution in [0.15, 0.2) is 25.5 Å². The molecule has 2 N–H and O–H groups in total. The highest BCUT2D eigenvalue weighted by atomic mass is 79.9. The summed E-state index contributed by atoms with van der Waals surface area (Å²) in [5.41, 5.74) is 0.846. The van der Waals surface area contributed by atoms with Crippen LogP contribution in [0.3, 0.4) is 0 Å². The van der Waals surface area contributed by atoms with E-state index in [1.165, 1.54) is 22.7 Å². The van der Waals surface area contributed by atoms with E-state index in [2.05, 4.69) is 37.9 Å². The maximum absolute atomic E-state index is 12.2.